The summed E-state index contributed by atoms with van der Waals surface area (Å²) in [5.74, 6) is 2.70. The van der Waals surface area contributed by atoms with Crippen LogP contribution in [0.2, 0.25) is 0 Å². The predicted octanol–water partition coefficient (Wildman–Crippen LogP) is 3.07. The first-order valence-electron chi connectivity index (χ1n) is 5.54. The molecule has 0 saturated heterocycles. The van der Waals surface area contributed by atoms with Crippen molar-refractivity contribution >= 4 is 11.3 Å². The quantitative estimate of drug-likeness (QED) is 0.551. The second kappa shape index (κ2) is 7.50. The Labute approximate surface area is 96.9 Å². The average molecular weight is 221 g/mol. The minimum atomic E-state index is 0.581. The molecule has 0 radical (unpaired) electrons. The summed E-state index contributed by atoms with van der Waals surface area (Å²) in [5, 5.41) is 7.88. The molecule has 0 aliphatic carbocycles. The highest BCUT2D eigenvalue weighted by molar-refractivity contribution is 7.07. The van der Waals surface area contributed by atoms with Crippen LogP contribution < -0.4 is 5.32 Å². The number of likely N-dealkylation sites (N-methyl/N-ethyl adjacent to an activating group) is 1. The van der Waals surface area contributed by atoms with E-state index in [0.29, 0.717) is 6.04 Å². The molecular weight excluding hydrogens is 202 g/mol. The first-order valence-corrected chi connectivity index (χ1v) is 6.49. The standard InChI is InChI=1S/C13H19NS/c1-3-5-6-7-13(14-4-2)10-12-8-9-15-11-12/h1,8-9,11,13-14H,4-7,10H2,2H3. The maximum Gasteiger partial charge on any atom is 0.0108 e. The van der Waals surface area contributed by atoms with Crippen LogP contribution in [0.5, 0.6) is 0 Å². The predicted molar refractivity (Wildman–Crippen MR) is 68.2 cm³/mol. The van der Waals surface area contributed by atoms with Gasteiger partial charge in [0.1, 0.15) is 0 Å². The fraction of sp³-hybridized carbons (Fsp3) is 0.538. The SMILES string of the molecule is C#CCCCC(Cc1ccsc1)NCC. The average Bonchev–Trinajstić information content (AvgIpc) is 2.71. The Morgan fingerprint density at radius 2 is 2.47 bits per heavy atom. The number of hydrogen-bond acceptors (Lipinski definition) is 2. The first kappa shape index (κ1) is 12.3. The van der Waals surface area contributed by atoms with E-state index in [0.717, 1.165) is 25.8 Å². The Hall–Kier alpha value is -0.780. The fourth-order valence-corrected chi connectivity index (χ4v) is 2.39. The monoisotopic (exact) mass is 221 g/mol. The molecule has 1 nitrogen and oxygen atoms in total. The Balaban J connectivity index is 2.33. The van der Waals surface area contributed by atoms with Crippen molar-refractivity contribution in [2.24, 2.45) is 0 Å². The summed E-state index contributed by atoms with van der Waals surface area (Å²) in [6.45, 7) is 3.19. The molecule has 1 aromatic heterocycles. The van der Waals surface area contributed by atoms with Crippen LogP contribution in [0.15, 0.2) is 16.8 Å². The molecule has 0 fully saturated rings. The Morgan fingerprint density at radius 3 is 3.07 bits per heavy atom. The zero-order valence-electron chi connectivity index (χ0n) is 9.33. The van der Waals surface area contributed by atoms with E-state index >= 15 is 0 Å². The topological polar surface area (TPSA) is 12.0 Å². The lowest BCUT2D eigenvalue weighted by atomic mass is 10.0. The van der Waals surface area contributed by atoms with Gasteiger partial charge in [-0.3, -0.25) is 0 Å². The molecule has 0 amide bonds. The summed E-state index contributed by atoms with van der Waals surface area (Å²) < 4.78 is 0. The maximum atomic E-state index is 5.26. The van der Waals surface area contributed by atoms with Crippen molar-refractivity contribution in [2.45, 2.75) is 38.6 Å². The third-order valence-electron chi connectivity index (χ3n) is 2.43. The highest BCUT2D eigenvalue weighted by Crippen LogP contribution is 2.12. The van der Waals surface area contributed by atoms with Crippen LogP contribution in [0.4, 0.5) is 0 Å². The van der Waals surface area contributed by atoms with Gasteiger partial charge in [-0.05, 0) is 48.2 Å². The number of rotatable bonds is 7. The molecular formula is C13H19NS. The highest BCUT2D eigenvalue weighted by atomic mass is 32.1. The molecule has 1 heterocycles. The van der Waals surface area contributed by atoms with E-state index in [2.05, 4.69) is 35.0 Å². The van der Waals surface area contributed by atoms with Crippen LogP contribution in [0.3, 0.4) is 0 Å². The summed E-state index contributed by atoms with van der Waals surface area (Å²) in [4.78, 5) is 0. The van der Waals surface area contributed by atoms with Crippen molar-refractivity contribution in [3.8, 4) is 12.3 Å². The lowest BCUT2D eigenvalue weighted by Crippen LogP contribution is -2.30. The molecule has 15 heavy (non-hydrogen) atoms. The van der Waals surface area contributed by atoms with E-state index in [9.17, 15) is 0 Å². The lowest BCUT2D eigenvalue weighted by molar-refractivity contribution is 0.480. The van der Waals surface area contributed by atoms with Gasteiger partial charge < -0.3 is 5.32 Å². The Morgan fingerprint density at radius 1 is 1.60 bits per heavy atom. The second-order valence-electron chi connectivity index (χ2n) is 3.69. The molecule has 0 aliphatic rings. The van der Waals surface area contributed by atoms with Crippen molar-refractivity contribution in [2.75, 3.05) is 6.54 Å². The van der Waals surface area contributed by atoms with Gasteiger partial charge in [-0.1, -0.05) is 6.92 Å². The van der Waals surface area contributed by atoms with Gasteiger partial charge in [0, 0.05) is 12.5 Å². The van der Waals surface area contributed by atoms with E-state index in [-0.39, 0.29) is 0 Å². The Kier molecular flexibility index (Phi) is 6.15. The van der Waals surface area contributed by atoms with E-state index in [1.165, 1.54) is 12.0 Å². The van der Waals surface area contributed by atoms with Crippen molar-refractivity contribution < 1.29 is 0 Å². The van der Waals surface area contributed by atoms with Gasteiger partial charge in [-0.25, -0.2) is 0 Å². The second-order valence-corrected chi connectivity index (χ2v) is 4.47. The summed E-state index contributed by atoms with van der Waals surface area (Å²) in [6.07, 6.45) is 9.58. The summed E-state index contributed by atoms with van der Waals surface area (Å²) >= 11 is 1.77. The van der Waals surface area contributed by atoms with Gasteiger partial charge in [-0.2, -0.15) is 11.3 Å². The minimum absolute atomic E-state index is 0.581. The molecule has 0 aliphatic heterocycles. The van der Waals surface area contributed by atoms with Gasteiger partial charge in [-0.15, -0.1) is 12.3 Å². The van der Waals surface area contributed by atoms with E-state index < -0.39 is 0 Å². The van der Waals surface area contributed by atoms with Gasteiger partial charge in [0.25, 0.3) is 0 Å². The third-order valence-corrected chi connectivity index (χ3v) is 3.16. The zero-order valence-corrected chi connectivity index (χ0v) is 10.1. The van der Waals surface area contributed by atoms with Crippen molar-refractivity contribution in [1.82, 2.24) is 5.32 Å². The van der Waals surface area contributed by atoms with Crippen LogP contribution in [-0.4, -0.2) is 12.6 Å². The van der Waals surface area contributed by atoms with Crippen LogP contribution in [0, 0.1) is 12.3 Å². The van der Waals surface area contributed by atoms with Crippen LogP contribution >= 0.6 is 11.3 Å². The van der Waals surface area contributed by atoms with Crippen LogP contribution in [-0.2, 0) is 6.42 Å². The summed E-state index contributed by atoms with van der Waals surface area (Å²) in [7, 11) is 0. The van der Waals surface area contributed by atoms with Crippen LogP contribution in [0.25, 0.3) is 0 Å². The zero-order chi connectivity index (χ0) is 10.9. The molecule has 2 heteroatoms. The molecule has 1 aromatic rings. The minimum Gasteiger partial charge on any atom is -0.314 e. The normalized spacial score (nSPS) is 12.3. The van der Waals surface area contributed by atoms with Gasteiger partial charge >= 0.3 is 0 Å². The molecule has 1 atom stereocenters. The first-order chi connectivity index (χ1) is 7.36. The van der Waals surface area contributed by atoms with Gasteiger partial charge in [0.2, 0.25) is 0 Å². The van der Waals surface area contributed by atoms with Crippen molar-refractivity contribution in [3.63, 3.8) is 0 Å². The number of unbranched alkanes of at least 4 members (excludes halogenated alkanes) is 1. The molecule has 1 rings (SSSR count). The van der Waals surface area contributed by atoms with E-state index in [4.69, 9.17) is 6.42 Å². The molecule has 1 unspecified atom stereocenters. The molecule has 0 bridgehead atoms. The molecule has 0 saturated carbocycles. The maximum absolute atomic E-state index is 5.26. The molecule has 0 aromatic carbocycles. The van der Waals surface area contributed by atoms with Crippen molar-refractivity contribution in [3.05, 3.63) is 22.4 Å². The van der Waals surface area contributed by atoms with E-state index in [1.807, 2.05) is 0 Å². The van der Waals surface area contributed by atoms with Gasteiger partial charge in [0.15, 0.2) is 0 Å². The van der Waals surface area contributed by atoms with Crippen LogP contribution in [0.1, 0.15) is 31.7 Å². The summed E-state index contributed by atoms with van der Waals surface area (Å²) in [6, 6.07) is 2.79. The van der Waals surface area contributed by atoms with E-state index in [1.54, 1.807) is 11.3 Å². The molecule has 0 spiro atoms. The molecule has 1 N–H and O–H groups in total. The number of hydrogen-bond donors (Lipinski definition) is 1. The number of nitrogens with one attached hydrogen (secondary N) is 1. The Bertz CT molecular complexity index is 284. The van der Waals surface area contributed by atoms with Gasteiger partial charge in [0.05, 0.1) is 0 Å². The number of thiophene rings is 1. The third kappa shape index (κ3) is 5.01. The highest BCUT2D eigenvalue weighted by Gasteiger charge is 2.07. The molecule has 82 valence electrons. The summed E-state index contributed by atoms with van der Waals surface area (Å²) in [5.41, 5.74) is 1.44. The largest absolute Gasteiger partial charge is 0.314 e. The lowest BCUT2D eigenvalue weighted by Gasteiger charge is -2.16. The number of terminal acetylenes is 1. The fourth-order valence-electron chi connectivity index (χ4n) is 1.71. The van der Waals surface area contributed by atoms with Crippen molar-refractivity contribution in [1.29, 1.82) is 0 Å². The smallest absolute Gasteiger partial charge is 0.0108 e.